The number of benzene rings is 2. The van der Waals surface area contributed by atoms with E-state index in [1.54, 1.807) is 37.4 Å². The number of hydrogen-bond donors (Lipinski definition) is 2. The predicted molar refractivity (Wildman–Crippen MR) is 89.2 cm³/mol. The first-order chi connectivity index (χ1) is 12.1. The van der Waals surface area contributed by atoms with Crippen LogP contribution in [0.1, 0.15) is 11.7 Å². The molecule has 2 aromatic carbocycles. The van der Waals surface area contributed by atoms with E-state index in [4.69, 9.17) is 9.47 Å². The molecule has 2 aliphatic rings. The van der Waals surface area contributed by atoms with Crippen LogP contribution in [0.25, 0.3) is 0 Å². The molecule has 8 nitrogen and oxygen atoms in total. The van der Waals surface area contributed by atoms with Gasteiger partial charge in [-0.1, -0.05) is 12.1 Å². The molecule has 0 amide bonds. The number of carbonyl (C=O) groups excluding carboxylic acids is 1. The molecule has 0 spiro atoms. The van der Waals surface area contributed by atoms with E-state index in [0.717, 1.165) is 0 Å². The fourth-order valence-electron chi connectivity index (χ4n) is 2.82. The highest BCUT2D eigenvalue weighted by molar-refractivity contribution is 6.06. The molecule has 2 aromatic rings. The van der Waals surface area contributed by atoms with Crippen LogP contribution in [-0.4, -0.2) is 17.8 Å². The second-order valence-electron chi connectivity index (χ2n) is 5.58. The Morgan fingerprint density at radius 2 is 2.00 bits per heavy atom. The fraction of sp³-hybridized carbons (Fsp3) is 0.118. The van der Waals surface area contributed by atoms with Crippen molar-refractivity contribution in [1.29, 1.82) is 0 Å². The first-order valence-electron chi connectivity index (χ1n) is 7.48. The number of nitrogens with zero attached hydrogens (tertiary/aromatic N) is 1. The van der Waals surface area contributed by atoms with Crippen LogP contribution in [0, 0.1) is 10.1 Å². The molecular weight excluding hydrogens is 326 g/mol. The number of carbonyl (C=O) groups is 1. The number of ether oxygens (including phenoxy) is 2. The third-order valence-corrected chi connectivity index (χ3v) is 4.07. The Bertz CT molecular complexity index is 938. The Morgan fingerprint density at radius 3 is 2.76 bits per heavy atom. The molecular formula is C17H13N3O5. The monoisotopic (exact) mass is 339 g/mol. The molecule has 0 bridgehead atoms. The molecule has 0 aromatic heterocycles. The number of nitrogens with one attached hydrogen (secondary N) is 2. The molecule has 2 aliphatic heterocycles. The minimum absolute atomic E-state index is 0.0502. The van der Waals surface area contributed by atoms with Crippen LogP contribution in [0.3, 0.4) is 0 Å². The van der Waals surface area contributed by atoms with Gasteiger partial charge in [-0.25, -0.2) is 0 Å². The molecule has 2 heterocycles. The summed E-state index contributed by atoms with van der Waals surface area (Å²) >= 11 is 0. The van der Waals surface area contributed by atoms with Crippen LogP contribution in [0.4, 0.5) is 17.1 Å². The van der Waals surface area contributed by atoms with Gasteiger partial charge in [-0.05, 0) is 18.2 Å². The van der Waals surface area contributed by atoms with Crippen molar-refractivity contribution in [3.8, 4) is 5.75 Å². The average molecular weight is 339 g/mol. The number of nitro groups is 1. The first kappa shape index (κ1) is 15.0. The van der Waals surface area contributed by atoms with E-state index >= 15 is 0 Å². The van der Waals surface area contributed by atoms with Gasteiger partial charge >= 0.3 is 0 Å². The standard InChI is InChI=1S/C17H13N3O5/c1-24-11-4-2-3-9(7-11)16-15(21)14-17(25-16)19-13-8-10(20(22)23)5-6-12(13)18-14/h2-8,16,18-19H,1H3. The Kier molecular flexibility index (Phi) is 3.31. The average Bonchev–Trinajstić information content (AvgIpc) is 2.95. The summed E-state index contributed by atoms with van der Waals surface area (Å²) < 4.78 is 10.9. The van der Waals surface area contributed by atoms with Crippen LogP contribution in [0.5, 0.6) is 5.75 Å². The maximum absolute atomic E-state index is 12.7. The van der Waals surface area contributed by atoms with Crippen LogP contribution in [0.15, 0.2) is 54.0 Å². The molecule has 25 heavy (non-hydrogen) atoms. The number of fused-ring (bicyclic) bond motifs is 1. The number of anilines is 2. The van der Waals surface area contributed by atoms with Crippen molar-refractivity contribution in [2.45, 2.75) is 6.10 Å². The molecule has 4 rings (SSSR count). The van der Waals surface area contributed by atoms with Crippen molar-refractivity contribution in [1.82, 2.24) is 0 Å². The number of rotatable bonds is 3. The van der Waals surface area contributed by atoms with Gasteiger partial charge in [0.1, 0.15) is 11.4 Å². The number of methoxy groups -OCH3 is 1. The maximum atomic E-state index is 12.7. The largest absolute Gasteiger partial charge is 0.497 e. The second-order valence-corrected chi connectivity index (χ2v) is 5.58. The van der Waals surface area contributed by atoms with Crippen molar-refractivity contribution >= 4 is 22.8 Å². The van der Waals surface area contributed by atoms with Gasteiger partial charge in [0.2, 0.25) is 11.7 Å². The highest BCUT2D eigenvalue weighted by Gasteiger charge is 2.39. The maximum Gasteiger partial charge on any atom is 0.271 e. The summed E-state index contributed by atoms with van der Waals surface area (Å²) in [5.41, 5.74) is 1.97. The smallest absolute Gasteiger partial charge is 0.271 e. The van der Waals surface area contributed by atoms with Gasteiger partial charge in [-0.2, -0.15) is 0 Å². The van der Waals surface area contributed by atoms with E-state index in [2.05, 4.69) is 10.6 Å². The topological polar surface area (TPSA) is 103 Å². The molecule has 1 atom stereocenters. The highest BCUT2D eigenvalue weighted by Crippen LogP contribution is 2.41. The molecule has 0 saturated heterocycles. The number of non-ortho nitro benzene ring substituents is 1. The molecule has 0 fully saturated rings. The van der Waals surface area contributed by atoms with Crippen molar-refractivity contribution in [3.05, 3.63) is 69.7 Å². The summed E-state index contributed by atoms with van der Waals surface area (Å²) in [5.74, 6) is 0.657. The van der Waals surface area contributed by atoms with Crippen molar-refractivity contribution in [3.63, 3.8) is 0 Å². The Morgan fingerprint density at radius 1 is 1.16 bits per heavy atom. The van der Waals surface area contributed by atoms with Gasteiger partial charge in [0, 0.05) is 17.7 Å². The molecule has 0 radical (unpaired) electrons. The van der Waals surface area contributed by atoms with Crippen LogP contribution in [0.2, 0.25) is 0 Å². The summed E-state index contributed by atoms with van der Waals surface area (Å²) in [6.07, 6.45) is -0.801. The summed E-state index contributed by atoms with van der Waals surface area (Å²) in [6, 6.07) is 11.4. The molecule has 8 heteroatoms. The zero-order valence-corrected chi connectivity index (χ0v) is 13.1. The highest BCUT2D eigenvalue weighted by atomic mass is 16.6. The zero-order chi connectivity index (χ0) is 17.6. The molecule has 2 N–H and O–H groups in total. The van der Waals surface area contributed by atoms with E-state index in [1.165, 1.54) is 12.1 Å². The minimum atomic E-state index is -0.801. The number of nitro benzene ring substituents is 1. The van der Waals surface area contributed by atoms with E-state index < -0.39 is 11.0 Å². The Hall–Kier alpha value is -3.55. The van der Waals surface area contributed by atoms with E-state index in [0.29, 0.717) is 28.4 Å². The molecule has 126 valence electrons. The Labute approximate surface area is 142 Å². The quantitative estimate of drug-likeness (QED) is 0.654. The second kappa shape index (κ2) is 5.52. The van der Waals surface area contributed by atoms with Crippen LogP contribution < -0.4 is 15.4 Å². The lowest BCUT2D eigenvalue weighted by molar-refractivity contribution is -0.384. The van der Waals surface area contributed by atoms with E-state index in [1.807, 2.05) is 0 Å². The summed E-state index contributed by atoms with van der Waals surface area (Å²) in [7, 11) is 1.55. The van der Waals surface area contributed by atoms with Gasteiger partial charge in [0.05, 0.1) is 23.4 Å². The lowest BCUT2D eigenvalue weighted by atomic mass is 10.0. The molecule has 0 aliphatic carbocycles. The van der Waals surface area contributed by atoms with Crippen molar-refractivity contribution < 1.29 is 19.2 Å². The lowest BCUT2D eigenvalue weighted by Crippen LogP contribution is -2.18. The molecule has 1 unspecified atom stereocenters. The Balaban J connectivity index is 1.63. The third kappa shape index (κ3) is 2.44. The van der Waals surface area contributed by atoms with Crippen molar-refractivity contribution in [2.24, 2.45) is 0 Å². The van der Waals surface area contributed by atoms with E-state index in [-0.39, 0.29) is 17.4 Å². The number of hydrogen-bond acceptors (Lipinski definition) is 7. The third-order valence-electron chi connectivity index (χ3n) is 4.07. The zero-order valence-electron chi connectivity index (χ0n) is 13.1. The SMILES string of the molecule is COc1cccc(C2OC3=C(Nc4ccc([N+](=O)[O-])cc4N3)C2=O)c1. The van der Waals surface area contributed by atoms with Gasteiger partial charge < -0.3 is 20.1 Å². The van der Waals surface area contributed by atoms with Gasteiger partial charge in [-0.15, -0.1) is 0 Å². The predicted octanol–water partition coefficient (Wildman–Crippen LogP) is 2.95. The van der Waals surface area contributed by atoms with Gasteiger partial charge in [0.25, 0.3) is 5.69 Å². The normalized spacial score (nSPS) is 17.8. The first-order valence-corrected chi connectivity index (χ1v) is 7.48. The van der Waals surface area contributed by atoms with Crippen molar-refractivity contribution in [2.75, 3.05) is 17.7 Å². The summed E-state index contributed by atoms with van der Waals surface area (Å²) in [4.78, 5) is 23.1. The van der Waals surface area contributed by atoms with Gasteiger partial charge in [0.15, 0.2) is 6.10 Å². The van der Waals surface area contributed by atoms with Gasteiger partial charge in [-0.3, -0.25) is 14.9 Å². The number of ketones is 1. The van der Waals surface area contributed by atoms with E-state index in [9.17, 15) is 14.9 Å². The van der Waals surface area contributed by atoms with Crippen LogP contribution in [-0.2, 0) is 9.53 Å². The molecule has 0 saturated carbocycles. The van der Waals surface area contributed by atoms with Crippen LogP contribution >= 0.6 is 0 Å². The lowest BCUT2D eigenvalue weighted by Gasteiger charge is -2.19. The summed E-state index contributed by atoms with van der Waals surface area (Å²) in [5, 5.41) is 16.9. The number of Topliss-reactive ketones (excluding diaryl/α,β-unsaturated/α-hetero) is 1. The summed E-state index contributed by atoms with van der Waals surface area (Å²) in [6.45, 7) is 0. The minimum Gasteiger partial charge on any atom is -0.497 e. The fourth-order valence-corrected chi connectivity index (χ4v) is 2.82.